The summed E-state index contributed by atoms with van der Waals surface area (Å²) in [5.41, 5.74) is 2.50. The third-order valence-electron chi connectivity index (χ3n) is 2.70. The Bertz CT molecular complexity index is 686. The molecule has 0 N–H and O–H groups in total. The van der Waals surface area contributed by atoms with E-state index < -0.39 is 10.1 Å². The highest BCUT2D eigenvalue weighted by molar-refractivity contribution is 7.86. The maximum absolute atomic E-state index is 11.2. The molecule has 0 unspecified atom stereocenters. The van der Waals surface area contributed by atoms with Crippen molar-refractivity contribution in [2.24, 2.45) is 0 Å². The summed E-state index contributed by atoms with van der Waals surface area (Å²) in [5.74, 6) is -0.118. The second kappa shape index (κ2) is 6.02. The number of rotatable bonds is 5. The van der Waals surface area contributed by atoms with Gasteiger partial charge in [0, 0.05) is 17.3 Å². The first-order chi connectivity index (χ1) is 9.50. The molecule has 0 aliphatic carbocycles. The van der Waals surface area contributed by atoms with Crippen LogP contribution in [-0.2, 0) is 20.8 Å². The van der Waals surface area contributed by atoms with Crippen molar-refractivity contribution < 1.29 is 17.3 Å². The van der Waals surface area contributed by atoms with Crippen LogP contribution in [0.3, 0.4) is 0 Å². The lowest BCUT2D eigenvalue weighted by Gasteiger charge is -2.00. The molecular weight excluding hydrogens is 280 g/mol. The van der Waals surface area contributed by atoms with Crippen molar-refractivity contribution in [2.75, 3.05) is 12.9 Å². The van der Waals surface area contributed by atoms with Gasteiger partial charge in [-0.15, -0.1) is 0 Å². The molecule has 0 saturated heterocycles. The summed E-state index contributed by atoms with van der Waals surface area (Å²) in [6.07, 6.45) is 4.84. The zero-order chi connectivity index (χ0) is 14.6. The van der Waals surface area contributed by atoms with Gasteiger partial charge >= 0.3 is 0 Å². The predicted molar refractivity (Wildman–Crippen MR) is 71.0 cm³/mol. The van der Waals surface area contributed by atoms with E-state index in [0.29, 0.717) is 0 Å². The van der Waals surface area contributed by atoms with Crippen molar-refractivity contribution >= 4 is 10.1 Å². The van der Waals surface area contributed by atoms with Crippen LogP contribution in [0, 0.1) is 6.92 Å². The zero-order valence-electron chi connectivity index (χ0n) is 11.2. The van der Waals surface area contributed by atoms with Crippen LogP contribution in [0.5, 0.6) is 0 Å². The van der Waals surface area contributed by atoms with E-state index in [1.54, 1.807) is 12.4 Å². The average Bonchev–Trinajstić information content (AvgIpc) is 2.46. The van der Waals surface area contributed by atoms with E-state index in [1.807, 2.05) is 19.1 Å². The van der Waals surface area contributed by atoms with Gasteiger partial charge in [0.2, 0.25) is 0 Å². The van der Waals surface area contributed by atoms with E-state index in [0.717, 1.165) is 24.1 Å². The van der Waals surface area contributed by atoms with Crippen molar-refractivity contribution in [1.29, 1.82) is 0 Å². The van der Waals surface area contributed by atoms with Crippen LogP contribution in [-0.4, -0.2) is 36.3 Å². The molecule has 0 bridgehead atoms. The van der Waals surface area contributed by atoms with Crippen molar-refractivity contribution in [3.63, 3.8) is 0 Å². The van der Waals surface area contributed by atoms with Gasteiger partial charge in [0.15, 0.2) is 12.7 Å². The second-order valence-corrected chi connectivity index (χ2v) is 6.01. The van der Waals surface area contributed by atoms with E-state index in [4.69, 9.17) is 0 Å². The first-order valence-corrected chi connectivity index (χ1v) is 7.51. The van der Waals surface area contributed by atoms with Crippen LogP contribution in [0.1, 0.15) is 5.69 Å². The van der Waals surface area contributed by atoms with E-state index in [2.05, 4.69) is 19.2 Å². The van der Waals surface area contributed by atoms with Crippen LogP contribution >= 0.6 is 0 Å². The lowest BCUT2D eigenvalue weighted by Crippen LogP contribution is -2.40. The number of nitrogens with zero attached hydrogens (tertiary/aromatic N) is 4. The fourth-order valence-corrected chi connectivity index (χ4v) is 2.15. The summed E-state index contributed by atoms with van der Waals surface area (Å²) in [6, 6.07) is 3.69. The predicted octanol–water partition coefficient (Wildman–Crippen LogP) is 0.111. The van der Waals surface area contributed by atoms with Gasteiger partial charge in [0.1, 0.15) is 18.3 Å². The van der Waals surface area contributed by atoms with Crippen LogP contribution in [0.15, 0.2) is 30.9 Å². The minimum absolute atomic E-state index is 0.118. The van der Waals surface area contributed by atoms with Gasteiger partial charge in [-0.05, 0) is 18.1 Å². The van der Waals surface area contributed by atoms with Gasteiger partial charge in [-0.2, -0.15) is 8.42 Å². The average molecular weight is 295 g/mol. The molecule has 2 rings (SSSR count). The molecule has 8 heteroatoms. The summed E-state index contributed by atoms with van der Waals surface area (Å²) >= 11 is 0. The summed E-state index contributed by atoms with van der Waals surface area (Å²) in [6.45, 7) is 2.12. The Kier molecular flexibility index (Phi) is 4.35. The molecule has 2 heterocycles. The maximum atomic E-state index is 11.2. The number of hydrogen-bond donors (Lipinski definition) is 0. The maximum Gasteiger partial charge on any atom is 0.273 e. The van der Waals surface area contributed by atoms with Gasteiger partial charge in [0.05, 0.1) is 12.8 Å². The van der Waals surface area contributed by atoms with Gasteiger partial charge in [-0.25, -0.2) is 9.97 Å². The minimum Gasteiger partial charge on any atom is -0.273 e. The summed E-state index contributed by atoms with van der Waals surface area (Å²) in [7, 11) is -2.32. The minimum atomic E-state index is -3.47. The third-order valence-corrected chi connectivity index (χ3v) is 3.89. The molecule has 7 nitrogen and oxygen atoms in total. The number of hydrogen-bond acceptors (Lipinski definition) is 6. The molecular formula is C12H15N4O3S+. The van der Waals surface area contributed by atoms with Gasteiger partial charge in [0.25, 0.3) is 10.1 Å². The van der Waals surface area contributed by atoms with E-state index >= 15 is 0 Å². The number of aromatic nitrogens is 4. The van der Waals surface area contributed by atoms with E-state index in [9.17, 15) is 8.42 Å². The van der Waals surface area contributed by atoms with Crippen LogP contribution < -0.4 is 4.68 Å². The molecule has 0 radical (unpaired) electrons. The van der Waals surface area contributed by atoms with Crippen molar-refractivity contribution in [3.05, 3.63) is 36.5 Å². The van der Waals surface area contributed by atoms with Crippen molar-refractivity contribution in [3.8, 4) is 11.3 Å². The molecule has 20 heavy (non-hydrogen) atoms. The Balaban J connectivity index is 2.11. The molecule has 0 aromatic carbocycles. The summed E-state index contributed by atoms with van der Waals surface area (Å²) in [4.78, 5) is 8.19. The van der Waals surface area contributed by atoms with Gasteiger partial charge in [-0.1, -0.05) is 4.68 Å². The summed E-state index contributed by atoms with van der Waals surface area (Å²) in [5, 5.41) is 4.16. The molecule has 0 spiro atoms. The van der Waals surface area contributed by atoms with Gasteiger partial charge in [-0.3, -0.25) is 4.18 Å². The van der Waals surface area contributed by atoms with Crippen molar-refractivity contribution in [1.82, 2.24) is 15.1 Å². The molecule has 0 saturated carbocycles. The molecule has 0 aliphatic rings. The summed E-state index contributed by atoms with van der Waals surface area (Å²) < 4.78 is 28.4. The highest BCUT2D eigenvalue weighted by Gasteiger charge is 2.14. The molecule has 2 aromatic heterocycles. The largest absolute Gasteiger partial charge is 0.273 e. The molecule has 2 aromatic rings. The standard InChI is InChI=1S/C12H15N4O3S/c1-10-7-12(14-9-13-10)11-3-4-16(15-8-11)5-6-20(17,18)19-2/h3-4,7-9H,5-6H2,1-2H3/q+1. The fraction of sp³-hybridized carbons (Fsp3) is 0.333. The van der Waals surface area contributed by atoms with Gasteiger partial charge < -0.3 is 0 Å². The second-order valence-electron chi connectivity index (χ2n) is 4.15. The van der Waals surface area contributed by atoms with E-state index in [1.165, 1.54) is 11.0 Å². The topological polar surface area (TPSA) is 85.9 Å². The normalized spacial score (nSPS) is 11.5. The quantitative estimate of drug-likeness (QED) is 0.575. The molecule has 0 aliphatic heterocycles. The lowest BCUT2D eigenvalue weighted by molar-refractivity contribution is -0.750. The molecule has 106 valence electrons. The van der Waals surface area contributed by atoms with Crippen LogP contribution in [0.4, 0.5) is 0 Å². The first kappa shape index (κ1) is 14.5. The smallest absolute Gasteiger partial charge is 0.273 e. The molecule has 0 amide bonds. The monoisotopic (exact) mass is 295 g/mol. The van der Waals surface area contributed by atoms with Crippen molar-refractivity contribution in [2.45, 2.75) is 13.5 Å². The Labute approximate surface area is 117 Å². The SMILES string of the molecule is COS(=O)(=O)CC[n+]1ccc(-c2cc(C)ncn2)cn1. The Morgan fingerprint density at radius 2 is 2.15 bits per heavy atom. The lowest BCUT2D eigenvalue weighted by atomic mass is 10.2. The highest BCUT2D eigenvalue weighted by Crippen LogP contribution is 2.13. The van der Waals surface area contributed by atoms with E-state index in [-0.39, 0.29) is 12.3 Å². The Morgan fingerprint density at radius 3 is 2.75 bits per heavy atom. The number of aryl methyl sites for hydroxylation is 2. The fourth-order valence-electron chi connectivity index (χ4n) is 1.57. The first-order valence-electron chi connectivity index (χ1n) is 5.93. The Morgan fingerprint density at radius 1 is 1.35 bits per heavy atom. The zero-order valence-corrected chi connectivity index (χ0v) is 12.0. The Hall–Kier alpha value is -1.93. The van der Waals surface area contributed by atoms with Crippen LogP contribution in [0.2, 0.25) is 0 Å². The molecule has 0 atom stereocenters. The highest BCUT2D eigenvalue weighted by atomic mass is 32.2. The van der Waals surface area contributed by atoms with Crippen LogP contribution in [0.25, 0.3) is 11.3 Å². The third kappa shape index (κ3) is 3.78. The molecule has 0 fully saturated rings.